The van der Waals surface area contributed by atoms with Crippen LogP contribution >= 0.6 is 0 Å². The highest BCUT2D eigenvalue weighted by Crippen LogP contribution is 2.16. The van der Waals surface area contributed by atoms with Crippen molar-refractivity contribution in [1.82, 2.24) is 15.5 Å². The van der Waals surface area contributed by atoms with E-state index in [1.807, 2.05) is 24.3 Å². The molecule has 0 aromatic heterocycles. The second kappa shape index (κ2) is 10.6. The number of carbonyl (C=O) groups excluding carboxylic acids is 1. The lowest BCUT2D eigenvalue weighted by Gasteiger charge is -2.28. The lowest BCUT2D eigenvalue weighted by atomic mass is 10.1. The molecule has 3 rings (SSSR count). The van der Waals surface area contributed by atoms with Crippen molar-refractivity contribution in [2.75, 3.05) is 52.3 Å². The van der Waals surface area contributed by atoms with E-state index in [-0.39, 0.29) is 5.91 Å². The molecule has 1 fully saturated rings. The van der Waals surface area contributed by atoms with Gasteiger partial charge in [0.15, 0.2) is 5.96 Å². The minimum Gasteiger partial charge on any atom is -0.378 e. The normalized spacial score (nSPS) is 14.4. The number of benzene rings is 2. The smallest absolute Gasteiger partial charge is 0.253 e. The van der Waals surface area contributed by atoms with Crippen molar-refractivity contribution < 1.29 is 9.53 Å². The van der Waals surface area contributed by atoms with Crippen molar-refractivity contribution in [2.45, 2.75) is 13.1 Å². The molecule has 0 bridgehead atoms. The molecule has 0 aliphatic carbocycles. The number of nitrogens with one attached hydrogen (secondary N) is 2. The highest BCUT2D eigenvalue weighted by atomic mass is 16.5. The molecule has 160 valence electrons. The summed E-state index contributed by atoms with van der Waals surface area (Å²) >= 11 is 0. The highest BCUT2D eigenvalue weighted by molar-refractivity contribution is 5.93. The summed E-state index contributed by atoms with van der Waals surface area (Å²) in [5, 5.41) is 6.66. The zero-order valence-corrected chi connectivity index (χ0v) is 18.0. The van der Waals surface area contributed by atoms with Crippen LogP contribution in [-0.4, -0.2) is 64.2 Å². The minimum absolute atomic E-state index is 0.00613. The maximum atomic E-state index is 12.0. The number of hydrogen-bond donors (Lipinski definition) is 2. The third-order valence-corrected chi connectivity index (χ3v) is 5.06. The second-order valence-electron chi connectivity index (χ2n) is 7.44. The van der Waals surface area contributed by atoms with Gasteiger partial charge in [-0.2, -0.15) is 0 Å². The number of rotatable bonds is 6. The molecular weight excluding hydrogens is 378 g/mol. The monoisotopic (exact) mass is 409 g/mol. The molecular formula is C23H31N5O2. The molecule has 0 atom stereocenters. The Balaban J connectivity index is 1.47. The molecule has 0 unspecified atom stereocenters. The van der Waals surface area contributed by atoms with Gasteiger partial charge in [0.2, 0.25) is 0 Å². The Bertz CT molecular complexity index is 841. The summed E-state index contributed by atoms with van der Waals surface area (Å²) in [7, 11) is 5.27. The van der Waals surface area contributed by atoms with Crippen LogP contribution in [0.25, 0.3) is 0 Å². The van der Waals surface area contributed by atoms with E-state index >= 15 is 0 Å². The fraction of sp³-hybridized carbons (Fsp3) is 0.391. The SMILES string of the molecule is CN=C(NCc1ccc(C(=O)N(C)C)cc1)NCc1ccc(N2CCOCC2)cc1. The Hall–Kier alpha value is -3.06. The number of nitrogens with zero attached hydrogens (tertiary/aromatic N) is 3. The van der Waals surface area contributed by atoms with Crippen molar-refractivity contribution in [3.63, 3.8) is 0 Å². The summed E-state index contributed by atoms with van der Waals surface area (Å²) < 4.78 is 5.41. The van der Waals surface area contributed by atoms with E-state index in [0.29, 0.717) is 18.7 Å². The summed E-state index contributed by atoms with van der Waals surface area (Å²) in [6.07, 6.45) is 0. The topological polar surface area (TPSA) is 69.2 Å². The summed E-state index contributed by atoms with van der Waals surface area (Å²) in [4.78, 5) is 20.2. The summed E-state index contributed by atoms with van der Waals surface area (Å²) in [6, 6.07) is 16.2. The van der Waals surface area contributed by atoms with Gasteiger partial charge in [-0.15, -0.1) is 0 Å². The molecule has 2 N–H and O–H groups in total. The first kappa shape index (κ1) is 21.6. The van der Waals surface area contributed by atoms with Crippen molar-refractivity contribution in [2.24, 2.45) is 4.99 Å². The predicted octanol–water partition coefficient (Wildman–Crippen LogP) is 2.09. The lowest BCUT2D eigenvalue weighted by Crippen LogP contribution is -2.36. The molecule has 1 saturated heterocycles. The van der Waals surface area contributed by atoms with E-state index in [2.05, 4.69) is 44.8 Å². The predicted molar refractivity (Wildman–Crippen MR) is 121 cm³/mol. The standard InChI is InChI=1S/C23H31N5O2/c1-24-23(25-16-18-4-8-20(9-5-18)22(29)27(2)3)26-17-19-6-10-21(11-7-19)28-12-14-30-15-13-28/h4-11H,12-17H2,1-3H3,(H2,24,25,26). The molecule has 30 heavy (non-hydrogen) atoms. The van der Waals surface area contributed by atoms with Crippen molar-refractivity contribution in [3.05, 3.63) is 65.2 Å². The van der Waals surface area contributed by atoms with Gasteiger partial charge in [0, 0.05) is 58.6 Å². The first-order valence-corrected chi connectivity index (χ1v) is 10.2. The van der Waals surface area contributed by atoms with Crippen LogP contribution in [0.15, 0.2) is 53.5 Å². The third kappa shape index (κ3) is 5.97. The van der Waals surface area contributed by atoms with E-state index in [4.69, 9.17) is 4.74 Å². The Kier molecular flexibility index (Phi) is 7.68. The van der Waals surface area contributed by atoms with E-state index in [9.17, 15) is 4.79 Å². The molecule has 7 heteroatoms. The molecule has 1 heterocycles. The van der Waals surface area contributed by atoms with Crippen LogP contribution in [0.1, 0.15) is 21.5 Å². The molecule has 0 spiro atoms. The van der Waals surface area contributed by atoms with Gasteiger partial charge in [0.05, 0.1) is 13.2 Å². The van der Waals surface area contributed by atoms with E-state index in [1.54, 1.807) is 26.0 Å². The molecule has 2 aromatic rings. The van der Waals surface area contributed by atoms with Crippen LogP contribution in [0.5, 0.6) is 0 Å². The van der Waals surface area contributed by atoms with Gasteiger partial charge in [0.1, 0.15) is 0 Å². The highest BCUT2D eigenvalue weighted by Gasteiger charge is 2.11. The number of aliphatic imine (C=N–C) groups is 1. The average Bonchev–Trinajstić information content (AvgIpc) is 2.80. The van der Waals surface area contributed by atoms with Crippen LogP contribution < -0.4 is 15.5 Å². The largest absolute Gasteiger partial charge is 0.378 e. The van der Waals surface area contributed by atoms with Gasteiger partial charge in [-0.25, -0.2) is 0 Å². The summed E-state index contributed by atoms with van der Waals surface area (Å²) in [5.41, 5.74) is 4.21. The van der Waals surface area contributed by atoms with E-state index < -0.39 is 0 Å². The summed E-state index contributed by atoms with van der Waals surface area (Å²) in [6.45, 7) is 4.79. The number of carbonyl (C=O) groups is 1. The second-order valence-corrected chi connectivity index (χ2v) is 7.44. The van der Waals surface area contributed by atoms with E-state index in [1.165, 1.54) is 11.3 Å². The Morgan fingerprint density at radius 1 is 0.967 bits per heavy atom. The van der Waals surface area contributed by atoms with Gasteiger partial charge in [-0.3, -0.25) is 9.79 Å². The molecule has 7 nitrogen and oxygen atoms in total. The van der Waals surface area contributed by atoms with Crippen LogP contribution in [-0.2, 0) is 17.8 Å². The third-order valence-electron chi connectivity index (χ3n) is 5.06. The zero-order valence-electron chi connectivity index (χ0n) is 18.0. The fourth-order valence-corrected chi connectivity index (χ4v) is 3.26. The summed E-state index contributed by atoms with van der Waals surface area (Å²) in [5.74, 6) is 0.743. The first-order valence-electron chi connectivity index (χ1n) is 10.2. The lowest BCUT2D eigenvalue weighted by molar-refractivity contribution is 0.0827. The molecule has 1 aliphatic rings. The number of ether oxygens (including phenoxy) is 1. The quantitative estimate of drug-likeness (QED) is 0.565. The number of guanidine groups is 1. The van der Waals surface area contributed by atoms with Crippen LogP contribution in [0.2, 0.25) is 0 Å². The van der Waals surface area contributed by atoms with Crippen molar-refractivity contribution >= 4 is 17.6 Å². The number of hydrogen-bond acceptors (Lipinski definition) is 4. The Morgan fingerprint density at radius 2 is 1.50 bits per heavy atom. The minimum atomic E-state index is 0.00613. The average molecular weight is 410 g/mol. The number of amides is 1. The number of anilines is 1. The van der Waals surface area contributed by atoms with Crippen molar-refractivity contribution in [3.8, 4) is 0 Å². The number of morpholine rings is 1. The van der Waals surface area contributed by atoms with Crippen LogP contribution in [0.4, 0.5) is 5.69 Å². The van der Waals surface area contributed by atoms with Gasteiger partial charge >= 0.3 is 0 Å². The van der Waals surface area contributed by atoms with Crippen LogP contribution in [0, 0.1) is 0 Å². The van der Waals surface area contributed by atoms with Gasteiger partial charge in [0.25, 0.3) is 5.91 Å². The van der Waals surface area contributed by atoms with Gasteiger partial charge < -0.3 is 25.2 Å². The maximum absolute atomic E-state index is 12.0. The fourth-order valence-electron chi connectivity index (χ4n) is 3.26. The van der Waals surface area contributed by atoms with Crippen molar-refractivity contribution in [1.29, 1.82) is 0 Å². The van der Waals surface area contributed by atoms with Crippen LogP contribution in [0.3, 0.4) is 0 Å². The Morgan fingerprint density at radius 3 is 2.00 bits per heavy atom. The molecule has 1 amide bonds. The van der Waals surface area contributed by atoms with Gasteiger partial charge in [-0.1, -0.05) is 24.3 Å². The van der Waals surface area contributed by atoms with Gasteiger partial charge in [-0.05, 0) is 35.4 Å². The molecule has 0 saturated carbocycles. The molecule has 1 aliphatic heterocycles. The first-order chi connectivity index (χ1) is 14.6. The Labute approximate surface area is 178 Å². The molecule has 2 aromatic carbocycles. The molecule has 0 radical (unpaired) electrons. The zero-order chi connectivity index (χ0) is 21.3. The maximum Gasteiger partial charge on any atom is 0.253 e. The van der Waals surface area contributed by atoms with E-state index in [0.717, 1.165) is 37.8 Å².